The minimum Gasteiger partial charge on any atom is -0.395 e. The summed E-state index contributed by atoms with van der Waals surface area (Å²) in [4.78, 5) is 11.7. The van der Waals surface area contributed by atoms with E-state index in [1.165, 1.54) is 0 Å². The smallest absolute Gasteiger partial charge is 0.224 e. The second-order valence-electron chi connectivity index (χ2n) is 4.95. The minimum absolute atomic E-state index is 0.0357. The number of rotatable bonds is 4. The molecule has 1 amide bonds. The molecule has 0 atom stereocenters. The van der Waals surface area contributed by atoms with Gasteiger partial charge < -0.3 is 10.4 Å². The summed E-state index contributed by atoms with van der Waals surface area (Å²) in [6.45, 7) is 6.08. The average Bonchev–Trinajstić information content (AvgIpc) is 2.31. The highest BCUT2D eigenvalue weighted by atomic mass is 16.2. The maximum absolute atomic E-state index is 11.7. The van der Waals surface area contributed by atoms with Gasteiger partial charge in [-0.1, -0.05) is 25.7 Å². The van der Waals surface area contributed by atoms with Crippen LogP contribution in [0.25, 0.3) is 0 Å². The van der Waals surface area contributed by atoms with Crippen LogP contribution in [0.3, 0.4) is 0 Å². The van der Waals surface area contributed by atoms with E-state index < -0.39 is 0 Å². The Labute approximate surface area is 115 Å². The predicted molar refractivity (Wildman–Crippen MR) is 77.8 cm³/mol. The Morgan fingerprint density at radius 3 is 2.74 bits per heavy atom. The fraction of sp³-hybridized carbons (Fsp3) is 0.438. The molecule has 0 aliphatic rings. The van der Waals surface area contributed by atoms with Crippen LogP contribution in [0.4, 0.5) is 5.69 Å². The third kappa shape index (κ3) is 5.58. The van der Waals surface area contributed by atoms with E-state index in [0.29, 0.717) is 18.8 Å². The number of benzene rings is 1. The molecule has 0 saturated heterocycles. The third-order valence-corrected chi connectivity index (χ3v) is 2.56. The van der Waals surface area contributed by atoms with Crippen LogP contribution in [0.5, 0.6) is 0 Å². The van der Waals surface area contributed by atoms with Gasteiger partial charge in [-0.25, -0.2) is 0 Å². The molecule has 102 valence electrons. The van der Waals surface area contributed by atoms with Crippen molar-refractivity contribution in [2.24, 2.45) is 5.92 Å². The quantitative estimate of drug-likeness (QED) is 0.817. The van der Waals surface area contributed by atoms with Gasteiger partial charge in [0.15, 0.2) is 0 Å². The summed E-state index contributed by atoms with van der Waals surface area (Å²) in [6.07, 6.45) is 1.00. The number of hydrogen-bond donors (Lipinski definition) is 2. The van der Waals surface area contributed by atoms with Crippen LogP contribution in [0.15, 0.2) is 18.2 Å². The molecule has 1 aromatic carbocycles. The summed E-state index contributed by atoms with van der Waals surface area (Å²) >= 11 is 0. The number of hydrogen-bond acceptors (Lipinski definition) is 2. The van der Waals surface area contributed by atoms with E-state index in [2.05, 4.69) is 17.2 Å². The summed E-state index contributed by atoms with van der Waals surface area (Å²) in [5.41, 5.74) is 2.75. The normalized spacial score (nSPS) is 9.95. The van der Waals surface area contributed by atoms with Gasteiger partial charge in [-0.2, -0.15) is 0 Å². The van der Waals surface area contributed by atoms with Crippen molar-refractivity contribution >= 4 is 11.6 Å². The van der Waals surface area contributed by atoms with E-state index in [9.17, 15) is 4.79 Å². The Hall–Kier alpha value is -1.79. The number of aliphatic hydroxyl groups is 1. The molecule has 0 bridgehead atoms. The molecule has 0 fully saturated rings. The van der Waals surface area contributed by atoms with Crippen molar-refractivity contribution in [1.29, 1.82) is 0 Å². The third-order valence-electron chi connectivity index (χ3n) is 2.56. The van der Waals surface area contributed by atoms with Gasteiger partial charge in [-0.05, 0) is 36.6 Å². The van der Waals surface area contributed by atoms with Gasteiger partial charge in [0, 0.05) is 24.1 Å². The summed E-state index contributed by atoms with van der Waals surface area (Å²) in [6, 6.07) is 5.67. The van der Waals surface area contributed by atoms with E-state index >= 15 is 0 Å². The molecule has 0 aliphatic heterocycles. The van der Waals surface area contributed by atoms with Gasteiger partial charge in [0.1, 0.15) is 0 Å². The fourth-order valence-corrected chi connectivity index (χ4v) is 1.68. The topological polar surface area (TPSA) is 49.3 Å². The maximum atomic E-state index is 11.7. The van der Waals surface area contributed by atoms with E-state index in [1.54, 1.807) is 0 Å². The zero-order valence-electron chi connectivity index (χ0n) is 11.8. The number of aliphatic hydroxyl groups excluding tert-OH is 1. The van der Waals surface area contributed by atoms with E-state index in [1.807, 2.05) is 39.0 Å². The van der Waals surface area contributed by atoms with Crippen LogP contribution in [0, 0.1) is 24.7 Å². The second-order valence-corrected chi connectivity index (χ2v) is 4.95. The molecular formula is C16H21NO2. The number of carbonyl (C=O) groups excluding carboxylic acids is 1. The van der Waals surface area contributed by atoms with Crippen molar-refractivity contribution in [2.75, 3.05) is 11.9 Å². The lowest BCUT2D eigenvalue weighted by Gasteiger charge is -2.08. The number of amides is 1. The van der Waals surface area contributed by atoms with Gasteiger partial charge in [0.2, 0.25) is 5.91 Å². The van der Waals surface area contributed by atoms with Gasteiger partial charge in [-0.15, -0.1) is 0 Å². The molecule has 0 aliphatic carbocycles. The van der Waals surface area contributed by atoms with Crippen LogP contribution in [-0.2, 0) is 4.79 Å². The lowest BCUT2D eigenvalue weighted by molar-refractivity contribution is -0.116. The van der Waals surface area contributed by atoms with Gasteiger partial charge in [0.05, 0.1) is 6.61 Å². The molecule has 0 spiro atoms. The van der Waals surface area contributed by atoms with Crippen LogP contribution >= 0.6 is 0 Å². The summed E-state index contributed by atoms with van der Waals surface area (Å²) in [5, 5.41) is 11.6. The molecule has 0 aromatic heterocycles. The van der Waals surface area contributed by atoms with Crippen molar-refractivity contribution in [3.63, 3.8) is 0 Å². The standard InChI is InChI=1S/C16H21NO2/c1-12(2)10-16(19)17-15-8-7-14(13(3)11-15)6-4-5-9-18/h7-8,11-12,18H,5,9-10H2,1-3H3,(H,17,19). The van der Waals surface area contributed by atoms with E-state index in [-0.39, 0.29) is 12.5 Å². The van der Waals surface area contributed by atoms with Crippen molar-refractivity contribution < 1.29 is 9.90 Å². The molecule has 0 radical (unpaired) electrons. The average molecular weight is 259 g/mol. The Bertz CT molecular complexity index is 495. The summed E-state index contributed by atoms with van der Waals surface area (Å²) in [5.74, 6) is 6.28. The van der Waals surface area contributed by atoms with Crippen molar-refractivity contribution in [1.82, 2.24) is 0 Å². The number of aryl methyl sites for hydroxylation is 1. The maximum Gasteiger partial charge on any atom is 0.224 e. The largest absolute Gasteiger partial charge is 0.395 e. The van der Waals surface area contributed by atoms with Crippen LogP contribution < -0.4 is 5.32 Å². The Morgan fingerprint density at radius 2 is 2.16 bits per heavy atom. The molecule has 1 rings (SSSR count). The molecule has 2 N–H and O–H groups in total. The zero-order chi connectivity index (χ0) is 14.3. The highest BCUT2D eigenvalue weighted by Gasteiger charge is 2.05. The SMILES string of the molecule is Cc1cc(NC(=O)CC(C)C)ccc1C#CCCO. The zero-order valence-corrected chi connectivity index (χ0v) is 11.8. The van der Waals surface area contributed by atoms with Crippen molar-refractivity contribution in [3.8, 4) is 11.8 Å². The lowest BCUT2D eigenvalue weighted by atomic mass is 10.1. The monoisotopic (exact) mass is 259 g/mol. The first kappa shape index (κ1) is 15.3. The number of nitrogens with one attached hydrogen (secondary N) is 1. The van der Waals surface area contributed by atoms with E-state index in [0.717, 1.165) is 16.8 Å². The highest BCUT2D eigenvalue weighted by Crippen LogP contribution is 2.15. The minimum atomic E-state index is 0.0357. The predicted octanol–water partition coefficient (Wildman–Crippen LogP) is 2.71. The number of anilines is 1. The lowest BCUT2D eigenvalue weighted by Crippen LogP contribution is -2.13. The Kier molecular flexibility index (Phi) is 6.11. The summed E-state index contributed by atoms with van der Waals surface area (Å²) < 4.78 is 0. The molecule has 0 heterocycles. The molecule has 3 heteroatoms. The Morgan fingerprint density at radius 1 is 1.42 bits per heavy atom. The van der Waals surface area contributed by atoms with E-state index in [4.69, 9.17) is 5.11 Å². The second kappa shape index (κ2) is 7.60. The fourth-order valence-electron chi connectivity index (χ4n) is 1.68. The van der Waals surface area contributed by atoms with Gasteiger partial charge in [0.25, 0.3) is 0 Å². The van der Waals surface area contributed by atoms with Crippen molar-refractivity contribution in [3.05, 3.63) is 29.3 Å². The van der Waals surface area contributed by atoms with Crippen LogP contribution in [0.2, 0.25) is 0 Å². The molecular weight excluding hydrogens is 238 g/mol. The molecule has 3 nitrogen and oxygen atoms in total. The van der Waals surface area contributed by atoms with Gasteiger partial charge >= 0.3 is 0 Å². The van der Waals surface area contributed by atoms with Crippen LogP contribution in [-0.4, -0.2) is 17.6 Å². The Balaban J connectivity index is 2.72. The van der Waals surface area contributed by atoms with Crippen molar-refractivity contribution in [2.45, 2.75) is 33.6 Å². The summed E-state index contributed by atoms with van der Waals surface area (Å²) in [7, 11) is 0. The first-order valence-corrected chi connectivity index (χ1v) is 6.53. The first-order valence-electron chi connectivity index (χ1n) is 6.53. The number of carbonyl (C=O) groups is 1. The molecule has 0 saturated carbocycles. The first-order chi connectivity index (χ1) is 9.02. The van der Waals surface area contributed by atoms with Crippen LogP contribution in [0.1, 0.15) is 37.8 Å². The molecule has 19 heavy (non-hydrogen) atoms. The van der Waals surface area contributed by atoms with Gasteiger partial charge in [-0.3, -0.25) is 4.79 Å². The molecule has 1 aromatic rings. The molecule has 0 unspecified atom stereocenters. The highest BCUT2D eigenvalue weighted by molar-refractivity contribution is 5.91.